The number of carbonyl (C=O) groups is 4. The summed E-state index contributed by atoms with van der Waals surface area (Å²) < 4.78 is 1.74. The first-order valence-electron chi connectivity index (χ1n) is 16.0. The fourth-order valence-corrected chi connectivity index (χ4v) is 5.75. The third kappa shape index (κ3) is 11.3. The number of ketones is 2. The molecular formula is C35H48N8O5. The van der Waals surface area contributed by atoms with Crippen LogP contribution < -0.4 is 28.3 Å². The fourth-order valence-electron chi connectivity index (χ4n) is 5.75. The first kappa shape index (κ1) is 37.4. The number of imidazole rings is 1. The average Bonchev–Trinajstić information content (AvgIpc) is 3.43. The van der Waals surface area contributed by atoms with Crippen molar-refractivity contribution in [1.82, 2.24) is 14.9 Å². The summed E-state index contributed by atoms with van der Waals surface area (Å²) in [4.78, 5) is 61.8. The van der Waals surface area contributed by atoms with E-state index in [0.29, 0.717) is 25.1 Å². The lowest BCUT2D eigenvalue weighted by molar-refractivity contribution is -0.133. The number of phenolic OH excluding ortho intramolecular Hbond substituents is 1. The van der Waals surface area contributed by atoms with Gasteiger partial charge in [0.2, 0.25) is 11.8 Å². The van der Waals surface area contributed by atoms with Gasteiger partial charge in [-0.1, -0.05) is 30.3 Å². The molecule has 0 radical (unpaired) electrons. The summed E-state index contributed by atoms with van der Waals surface area (Å²) in [5.41, 5.74) is 26.6. The lowest BCUT2D eigenvalue weighted by Crippen LogP contribution is -2.47. The topological polar surface area (TPSA) is 235 Å². The number of aliphatic imine (C=N–C) groups is 1. The number of nitrogens with one attached hydrogen (secondary N) is 1. The van der Waals surface area contributed by atoms with E-state index >= 15 is 0 Å². The smallest absolute Gasteiger partial charge is 0.224 e. The Labute approximate surface area is 281 Å². The zero-order valence-corrected chi connectivity index (χ0v) is 27.9. The number of hydrogen-bond acceptors (Lipinski definition) is 8. The monoisotopic (exact) mass is 660 g/mol. The third-order valence-electron chi connectivity index (χ3n) is 8.54. The molecule has 3 aromatic rings. The molecule has 2 aromatic carbocycles. The van der Waals surface area contributed by atoms with Crippen LogP contribution in [0.1, 0.15) is 53.6 Å². The second-order valence-corrected chi connectivity index (χ2v) is 12.4. The number of nitrogens with zero attached hydrogens (tertiary/aromatic N) is 3. The number of aryl methyl sites for hydroxylation is 3. The lowest BCUT2D eigenvalue weighted by atomic mass is 9.86. The van der Waals surface area contributed by atoms with Gasteiger partial charge in [-0.15, -0.1) is 0 Å². The van der Waals surface area contributed by atoms with E-state index in [0.717, 1.165) is 22.3 Å². The highest BCUT2D eigenvalue weighted by Gasteiger charge is 2.32. The number of aromatic nitrogens is 2. The number of guanidine groups is 1. The first-order chi connectivity index (χ1) is 22.7. The molecule has 0 spiro atoms. The highest BCUT2D eigenvalue weighted by atomic mass is 16.3. The van der Waals surface area contributed by atoms with Crippen molar-refractivity contribution in [2.45, 2.75) is 70.9 Å². The Morgan fingerprint density at radius 3 is 2.17 bits per heavy atom. The summed E-state index contributed by atoms with van der Waals surface area (Å²) in [5, 5.41) is 13.0. The second-order valence-electron chi connectivity index (χ2n) is 12.4. The summed E-state index contributed by atoms with van der Waals surface area (Å²) in [5.74, 6) is -3.46. The Hall–Kier alpha value is -5.04. The van der Waals surface area contributed by atoms with E-state index in [1.165, 1.54) is 0 Å². The van der Waals surface area contributed by atoms with E-state index in [-0.39, 0.29) is 55.4 Å². The van der Waals surface area contributed by atoms with E-state index in [4.69, 9.17) is 22.9 Å². The number of Topliss-reactive ketones (excluding diaryl/α,β-unsaturated/α-hetero) is 2. The normalized spacial score (nSPS) is 13.6. The van der Waals surface area contributed by atoms with Gasteiger partial charge in [-0.05, 0) is 73.9 Å². The average molecular weight is 661 g/mol. The summed E-state index contributed by atoms with van der Waals surface area (Å²) in [6.45, 7) is 3.95. The molecule has 2 amide bonds. The number of amides is 2. The largest absolute Gasteiger partial charge is 0.508 e. The molecule has 3 rings (SSSR count). The van der Waals surface area contributed by atoms with Gasteiger partial charge >= 0.3 is 0 Å². The molecule has 13 nitrogen and oxygen atoms in total. The highest BCUT2D eigenvalue weighted by Crippen LogP contribution is 2.26. The van der Waals surface area contributed by atoms with Gasteiger partial charge in [-0.3, -0.25) is 24.2 Å². The number of primary amides is 1. The van der Waals surface area contributed by atoms with Crippen LogP contribution in [0.2, 0.25) is 0 Å². The van der Waals surface area contributed by atoms with Crippen molar-refractivity contribution in [2.24, 2.45) is 46.8 Å². The van der Waals surface area contributed by atoms with E-state index in [1.54, 1.807) is 36.3 Å². The zero-order chi connectivity index (χ0) is 35.4. The molecular weight excluding hydrogens is 612 g/mol. The van der Waals surface area contributed by atoms with Crippen LogP contribution in [0.5, 0.6) is 5.75 Å². The number of aromatic hydroxyl groups is 1. The molecule has 4 atom stereocenters. The summed E-state index contributed by atoms with van der Waals surface area (Å²) in [6, 6.07) is 10.6. The van der Waals surface area contributed by atoms with E-state index in [1.807, 2.05) is 44.2 Å². The fraction of sp³-hybridized carbons (Fsp3) is 0.429. The van der Waals surface area contributed by atoms with Gasteiger partial charge in [0.15, 0.2) is 11.7 Å². The van der Waals surface area contributed by atoms with Crippen LogP contribution in [0.15, 0.2) is 60.0 Å². The molecule has 1 aromatic heterocycles. The Kier molecular flexibility index (Phi) is 13.8. The number of hydrogen-bond donors (Lipinski definition) is 6. The maximum Gasteiger partial charge on any atom is 0.224 e. The molecule has 10 N–H and O–H groups in total. The Morgan fingerprint density at radius 2 is 1.58 bits per heavy atom. The van der Waals surface area contributed by atoms with Crippen LogP contribution in [0.3, 0.4) is 0 Å². The number of carbonyl (C=O) groups excluding carboxylic acids is 4. The van der Waals surface area contributed by atoms with Crippen molar-refractivity contribution in [3.8, 4) is 5.75 Å². The Morgan fingerprint density at radius 1 is 0.938 bits per heavy atom. The Balaban J connectivity index is 1.88. The first-order valence-corrected chi connectivity index (χ1v) is 16.0. The van der Waals surface area contributed by atoms with Crippen molar-refractivity contribution in [3.63, 3.8) is 0 Å². The quantitative estimate of drug-likeness (QED) is 0.0616. The molecule has 0 saturated carbocycles. The molecule has 13 heteroatoms. The standard InChI is InChI=1S/C35H48N8O5/c1-21-12-27(44)13-22(2)28(21)15-25(17-31(45)29(36)10-7-11-41-35(38)39)34(48)42-30(18-26-19-40-20-43(26)3)32(46)16-24(33(37)47)14-23-8-5-4-6-9-23/h4-6,8-9,12-13,19-20,24-25,29-30,44H,7,10-11,14-18,36H2,1-3H3,(H2,37,47)(H,42,48)(H4,38,39,41)/t24-,25-,29-,30+/m1/s1. The zero-order valence-electron chi connectivity index (χ0n) is 27.9. The van der Waals surface area contributed by atoms with Gasteiger partial charge in [0.1, 0.15) is 11.5 Å². The summed E-state index contributed by atoms with van der Waals surface area (Å²) in [6.07, 6.45) is 4.17. The molecule has 1 heterocycles. The predicted molar refractivity (Wildman–Crippen MR) is 184 cm³/mol. The van der Waals surface area contributed by atoms with Gasteiger partial charge in [-0.2, -0.15) is 0 Å². The SMILES string of the molecule is Cc1cc(O)cc(C)c1C[C@H](CC(=O)[C@H](N)CCCN=C(N)N)C(=O)N[C@@H](Cc1cncn1C)C(=O)C[C@@H](Cc1ccccc1)C(N)=O. The van der Waals surface area contributed by atoms with Crippen LogP contribution in [0.25, 0.3) is 0 Å². The molecule has 48 heavy (non-hydrogen) atoms. The maximum atomic E-state index is 14.1. The van der Waals surface area contributed by atoms with Crippen molar-refractivity contribution >= 4 is 29.3 Å². The van der Waals surface area contributed by atoms with Crippen molar-refractivity contribution < 1.29 is 24.3 Å². The van der Waals surface area contributed by atoms with Crippen LogP contribution in [0, 0.1) is 25.7 Å². The number of benzene rings is 2. The minimum absolute atomic E-state index is 0.0521. The molecule has 0 aliphatic rings. The maximum absolute atomic E-state index is 14.1. The predicted octanol–water partition coefficient (Wildman–Crippen LogP) is 1.27. The summed E-state index contributed by atoms with van der Waals surface area (Å²) in [7, 11) is 1.78. The van der Waals surface area contributed by atoms with Gasteiger partial charge in [-0.25, -0.2) is 4.98 Å². The van der Waals surface area contributed by atoms with E-state index in [2.05, 4.69) is 15.3 Å². The summed E-state index contributed by atoms with van der Waals surface area (Å²) >= 11 is 0. The van der Waals surface area contributed by atoms with Gasteiger partial charge in [0.05, 0.1) is 18.4 Å². The minimum atomic E-state index is -1.03. The molecule has 258 valence electrons. The van der Waals surface area contributed by atoms with Crippen LogP contribution >= 0.6 is 0 Å². The Bertz CT molecular complexity index is 1580. The molecule has 0 bridgehead atoms. The lowest BCUT2D eigenvalue weighted by Gasteiger charge is -2.25. The highest BCUT2D eigenvalue weighted by molar-refractivity contribution is 5.94. The molecule has 0 fully saturated rings. The minimum Gasteiger partial charge on any atom is -0.508 e. The molecule has 0 aliphatic carbocycles. The molecule has 0 aliphatic heterocycles. The van der Waals surface area contributed by atoms with E-state index < -0.39 is 35.7 Å². The third-order valence-corrected chi connectivity index (χ3v) is 8.54. The number of phenols is 1. The van der Waals surface area contributed by atoms with Crippen LogP contribution in [-0.2, 0) is 45.5 Å². The van der Waals surface area contributed by atoms with Crippen molar-refractivity contribution in [1.29, 1.82) is 0 Å². The number of nitrogens with two attached hydrogens (primary N) is 4. The van der Waals surface area contributed by atoms with E-state index in [9.17, 15) is 24.3 Å². The van der Waals surface area contributed by atoms with Gasteiger partial charge in [0, 0.05) is 56.6 Å². The molecule has 0 unspecified atom stereocenters. The van der Waals surface area contributed by atoms with Crippen molar-refractivity contribution in [3.05, 3.63) is 82.9 Å². The number of rotatable bonds is 19. The molecule has 0 saturated heterocycles. The second kappa shape index (κ2) is 17.8. The van der Waals surface area contributed by atoms with Gasteiger partial charge < -0.3 is 37.9 Å². The van der Waals surface area contributed by atoms with Crippen molar-refractivity contribution in [2.75, 3.05) is 6.54 Å². The van der Waals surface area contributed by atoms with Crippen LogP contribution in [0.4, 0.5) is 0 Å². The van der Waals surface area contributed by atoms with Crippen LogP contribution in [-0.4, -0.2) is 62.6 Å². The van der Waals surface area contributed by atoms with Gasteiger partial charge in [0.25, 0.3) is 0 Å².